The highest BCUT2D eigenvalue weighted by Gasteiger charge is 2.66. The van der Waals surface area contributed by atoms with Crippen molar-refractivity contribution in [2.75, 3.05) is 4.90 Å². The Bertz CT molecular complexity index is 2640. The predicted molar refractivity (Wildman–Crippen MR) is 241 cm³/mol. The predicted octanol–water partition coefficient (Wildman–Crippen LogP) is 13.8. The molecule has 0 unspecified atom stereocenters. The maximum atomic E-state index is 9.82. The van der Waals surface area contributed by atoms with Gasteiger partial charge in [0.1, 0.15) is 28.5 Å². The van der Waals surface area contributed by atoms with Crippen molar-refractivity contribution in [3.05, 3.63) is 140 Å². The first kappa shape index (κ1) is 37.4. The average Bonchev–Trinajstić information content (AvgIpc) is 3.55. The molecule has 0 bridgehead atoms. The summed E-state index contributed by atoms with van der Waals surface area (Å²) in [7, 11) is 0. The summed E-state index contributed by atoms with van der Waals surface area (Å²) < 4.78 is 33.8. The third-order valence-corrected chi connectivity index (χ3v) is 13.1. The van der Waals surface area contributed by atoms with E-state index in [2.05, 4.69) is 169 Å². The Kier molecular flexibility index (Phi) is 8.25. The molecule has 0 N–H and O–H groups in total. The van der Waals surface area contributed by atoms with Crippen LogP contribution in [0.2, 0.25) is 0 Å². The molecule has 8 rings (SSSR count). The van der Waals surface area contributed by atoms with E-state index in [9.17, 15) is 2.74 Å². The fourth-order valence-corrected chi connectivity index (χ4v) is 9.34. The molecular formula is C53H63N3O2. The van der Waals surface area contributed by atoms with Crippen LogP contribution >= 0.6 is 0 Å². The van der Waals surface area contributed by atoms with E-state index >= 15 is 0 Å². The van der Waals surface area contributed by atoms with E-state index in [1.54, 1.807) is 0 Å². The molecule has 3 aliphatic rings. The molecule has 5 nitrogen and oxygen atoms in total. The van der Waals surface area contributed by atoms with Crippen molar-refractivity contribution in [2.24, 2.45) is 10.4 Å². The van der Waals surface area contributed by atoms with Crippen molar-refractivity contribution < 1.29 is 12.2 Å². The summed E-state index contributed by atoms with van der Waals surface area (Å²) in [5, 5.41) is 0. The van der Waals surface area contributed by atoms with Crippen LogP contribution in [0.3, 0.4) is 0 Å². The second-order valence-electron chi connectivity index (χ2n) is 21.0. The van der Waals surface area contributed by atoms with E-state index in [0.717, 1.165) is 56.3 Å². The van der Waals surface area contributed by atoms with Gasteiger partial charge < -0.3 is 9.47 Å². The van der Waals surface area contributed by atoms with Crippen molar-refractivity contribution in [1.29, 1.82) is 0 Å². The van der Waals surface area contributed by atoms with Gasteiger partial charge in [-0.15, -0.1) is 0 Å². The van der Waals surface area contributed by atoms with Crippen LogP contribution in [0, 0.1) is 33.1 Å². The molecule has 0 radical (unpaired) electrons. The lowest BCUT2D eigenvalue weighted by Crippen LogP contribution is -2.54. The minimum absolute atomic E-state index is 0.0524. The number of aliphatic imine (C=N–C) groups is 1. The summed E-state index contributed by atoms with van der Waals surface area (Å²) in [5.41, 5.74) is 10.2. The monoisotopic (exact) mass is 776 g/mol. The van der Waals surface area contributed by atoms with Crippen LogP contribution in [-0.4, -0.2) is 16.5 Å². The smallest absolute Gasteiger partial charge is 0.217 e. The number of fused-ring (bicyclic) bond motifs is 5. The first-order chi connectivity index (χ1) is 27.6. The van der Waals surface area contributed by atoms with Crippen molar-refractivity contribution in [1.82, 2.24) is 4.98 Å². The van der Waals surface area contributed by atoms with E-state index in [0.29, 0.717) is 17.2 Å². The van der Waals surface area contributed by atoms with Crippen molar-refractivity contribution in [3.63, 3.8) is 0 Å². The molecule has 4 aromatic carbocycles. The van der Waals surface area contributed by atoms with Gasteiger partial charge in [-0.2, -0.15) is 0 Å². The van der Waals surface area contributed by atoms with Crippen LogP contribution in [0.1, 0.15) is 147 Å². The van der Waals surface area contributed by atoms with Crippen molar-refractivity contribution in [2.45, 2.75) is 145 Å². The highest BCUT2D eigenvalue weighted by Crippen LogP contribution is 2.61. The Hall–Kier alpha value is -4.90. The lowest BCUT2D eigenvalue weighted by atomic mass is 9.66. The number of pyridine rings is 1. The van der Waals surface area contributed by atoms with Crippen LogP contribution in [0.4, 0.5) is 17.2 Å². The molecule has 1 aliphatic carbocycles. The number of aromatic nitrogens is 1. The highest BCUT2D eigenvalue weighted by molar-refractivity contribution is 5.97. The molecule has 5 aromatic rings. The molecule has 2 atom stereocenters. The molecule has 58 heavy (non-hydrogen) atoms. The third-order valence-electron chi connectivity index (χ3n) is 13.1. The Balaban J connectivity index is 1.29. The molecule has 0 spiro atoms. The maximum Gasteiger partial charge on any atom is 0.217 e. The van der Waals surface area contributed by atoms with E-state index in [-0.39, 0.29) is 16.2 Å². The van der Waals surface area contributed by atoms with Gasteiger partial charge in [-0.1, -0.05) is 106 Å². The van der Waals surface area contributed by atoms with Gasteiger partial charge in [-0.05, 0) is 138 Å². The number of ether oxygens (including phenoxy) is 2. The number of nitrogens with zero attached hydrogens (tertiary/aromatic N) is 3. The zero-order valence-electron chi connectivity index (χ0n) is 39.7. The summed E-state index contributed by atoms with van der Waals surface area (Å²) >= 11 is 0. The van der Waals surface area contributed by atoms with Crippen LogP contribution < -0.4 is 9.64 Å². The molecule has 0 fully saturated rings. The normalized spacial score (nSPS) is 22.2. The van der Waals surface area contributed by atoms with Gasteiger partial charge in [0.25, 0.3) is 0 Å². The molecule has 0 saturated heterocycles. The maximum absolute atomic E-state index is 9.82. The summed E-state index contributed by atoms with van der Waals surface area (Å²) in [5.74, 6) is 2.71. The number of benzene rings is 4. The minimum atomic E-state index is -1.82. The SMILES string of the molecule is [2H]C1([2H])c2cc(C)c(C)cc2[C@@]2(C)N=C(c3cc(Oc4cc5c(cc4C)C(C)(C)c4cc(C)ccc4N5c4cc(C(C)(C)C)ccn4)cc(C(C)(C)C)c3)O[C@@]12C(C)(C)C. The Morgan fingerprint density at radius 3 is 2.02 bits per heavy atom. The lowest BCUT2D eigenvalue weighted by molar-refractivity contribution is -0.0673. The lowest BCUT2D eigenvalue weighted by Gasteiger charge is -2.45. The van der Waals surface area contributed by atoms with E-state index in [1.165, 1.54) is 22.3 Å². The Morgan fingerprint density at radius 1 is 0.690 bits per heavy atom. The van der Waals surface area contributed by atoms with Gasteiger partial charge in [-0.3, -0.25) is 4.90 Å². The van der Waals surface area contributed by atoms with E-state index < -0.39 is 22.9 Å². The fourth-order valence-electron chi connectivity index (χ4n) is 9.34. The third kappa shape index (κ3) is 6.09. The number of hydrogen-bond donors (Lipinski definition) is 0. The van der Waals surface area contributed by atoms with E-state index in [4.69, 9.17) is 19.5 Å². The number of aryl methyl sites for hydroxylation is 4. The quantitative estimate of drug-likeness (QED) is 0.182. The topological polar surface area (TPSA) is 47.0 Å². The first-order valence-electron chi connectivity index (χ1n) is 21.9. The van der Waals surface area contributed by atoms with Gasteiger partial charge in [0.15, 0.2) is 0 Å². The van der Waals surface area contributed by atoms with E-state index in [1.807, 2.05) is 25.3 Å². The largest absolute Gasteiger partial charge is 0.467 e. The standard InChI is InChI=1S/C53H63N3O2/c1-31-17-18-43-41(21-31)51(14,15)42-24-34(4)45(29-44(42)56(43)46-28-37(19-20-54-46)48(5,6)7)57-39-26-35(25-38(27-39)49(8,9)10)47-55-52(16)40-23-33(3)32(2)22-36(40)30-53(52,58-47)50(11,12)13/h17-29H,30H2,1-16H3/t52-,53-/m1/s1/i30D2. The zero-order valence-corrected chi connectivity index (χ0v) is 37.7. The van der Waals surface area contributed by atoms with Gasteiger partial charge in [-0.25, -0.2) is 9.98 Å². The number of hydrogen-bond acceptors (Lipinski definition) is 5. The molecule has 5 heteroatoms. The van der Waals surface area contributed by atoms with Gasteiger partial charge in [0, 0.05) is 37.8 Å². The van der Waals surface area contributed by atoms with Crippen LogP contribution in [0.5, 0.6) is 11.5 Å². The van der Waals surface area contributed by atoms with Crippen LogP contribution in [0.25, 0.3) is 0 Å². The fraction of sp³-hybridized carbons (Fsp3) is 0.434. The first-order valence-corrected chi connectivity index (χ1v) is 20.9. The van der Waals surface area contributed by atoms with Gasteiger partial charge in [0.2, 0.25) is 5.90 Å². The van der Waals surface area contributed by atoms with Crippen LogP contribution in [-0.2, 0) is 32.9 Å². The van der Waals surface area contributed by atoms with Crippen molar-refractivity contribution >= 4 is 23.1 Å². The molecule has 1 aromatic heterocycles. The summed E-state index contributed by atoms with van der Waals surface area (Å²) in [6, 6.07) is 25.9. The summed E-state index contributed by atoms with van der Waals surface area (Å²) in [6.07, 6.45) is 0.102. The number of anilines is 3. The summed E-state index contributed by atoms with van der Waals surface area (Å²) in [6.45, 7) is 34.6. The second-order valence-corrected chi connectivity index (χ2v) is 21.0. The second kappa shape index (κ2) is 12.8. The Labute approximate surface area is 350 Å². The molecule has 0 saturated carbocycles. The average molecular weight is 776 g/mol. The number of rotatable bonds is 4. The molecule has 3 heterocycles. The highest BCUT2D eigenvalue weighted by atomic mass is 16.5. The molecule has 0 amide bonds. The van der Waals surface area contributed by atoms with Gasteiger partial charge in [0.05, 0.1) is 11.4 Å². The minimum Gasteiger partial charge on any atom is -0.467 e. The van der Waals surface area contributed by atoms with Crippen LogP contribution in [0.15, 0.2) is 84.0 Å². The molecule has 2 aliphatic heterocycles. The molecule has 302 valence electrons. The summed E-state index contributed by atoms with van der Waals surface area (Å²) in [4.78, 5) is 12.7. The zero-order chi connectivity index (χ0) is 43.9. The van der Waals surface area contributed by atoms with Crippen molar-refractivity contribution in [3.8, 4) is 11.5 Å². The van der Waals surface area contributed by atoms with Gasteiger partial charge >= 0.3 is 0 Å². The Morgan fingerprint density at radius 2 is 1.34 bits per heavy atom. The molecular weight excluding hydrogens is 711 g/mol.